The first-order chi connectivity index (χ1) is 12.0. The van der Waals surface area contributed by atoms with Gasteiger partial charge in [-0.2, -0.15) is 0 Å². The lowest BCUT2D eigenvalue weighted by Crippen LogP contribution is -2.09. The van der Waals surface area contributed by atoms with Gasteiger partial charge in [-0.1, -0.05) is 30.3 Å². The Hall–Kier alpha value is -2.35. The van der Waals surface area contributed by atoms with Crippen molar-refractivity contribution in [2.24, 2.45) is 0 Å². The van der Waals surface area contributed by atoms with Gasteiger partial charge >= 0.3 is 0 Å². The van der Waals surface area contributed by atoms with Crippen LogP contribution in [0.3, 0.4) is 0 Å². The Morgan fingerprint density at radius 3 is 2.28 bits per heavy atom. The van der Waals surface area contributed by atoms with E-state index in [4.69, 9.17) is 0 Å². The van der Waals surface area contributed by atoms with Gasteiger partial charge in [0, 0.05) is 14.7 Å². The van der Waals surface area contributed by atoms with E-state index in [1.807, 2.05) is 22.6 Å². The summed E-state index contributed by atoms with van der Waals surface area (Å²) >= 11 is 1.93. The molecule has 126 valence electrons. The quantitative estimate of drug-likeness (QED) is 0.407. The smallest absolute Gasteiger partial charge is 0.195 e. The van der Waals surface area contributed by atoms with Crippen LogP contribution >= 0.6 is 22.6 Å². The summed E-state index contributed by atoms with van der Waals surface area (Å²) in [6.45, 7) is 0. The Morgan fingerprint density at radius 2 is 1.60 bits per heavy atom. The van der Waals surface area contributed by atoms with E-state index in [0.29, 0.717) is 9.13 Å². The molecular weight excluding hydrogens is 442 g/mol. The lowest BCUT2D eigenvalue weighted by atomic mass is 10.0. The maximum Gasteiger partial charge on any atom is 0.195 e. The number of carbonyl (C=O) groups excluding carboxylic acids is 1. The van der Waals surface area contributed by atoms with E-state index in [-0.39, 0.29) is 11.3 Å². The zero-order valence-corrected chi connectivity index (χ0v) is 14.9. The van der Waals surface area contributed by atoms with Crippen LogP contribution in [0.4, 0.5) is 24.5 Å². The topological polar surface area (TPSA) is 29.1 Å². The summed E-state index contributed by atoms with van der Waals surface area (Å²) in [6.07, 6.45) is 0. The Morgan fingerprint density at radius 1 is 0.880 bits per heavy atom. The summed E-state index contributed by atoms with van der Waals surface area (Å²) in [5.41, 5.74) is -0.205. The minimum atomic E-state index is -1.24. The van der Waals surface area contributed by atoms with E-state index in [0.717, 1.165) is 6.07 Å². The summed E-state index contributed by atoms with van der Waals surface area (Å²) in [6, 6.07) is 14.5. The van der Waals surface area contributed by atoms with Gasteiger partial charge in [0.2, 0.25) is 0 Å². The minimum absolute atomic E-state index is 0.0490. The van der Waals surface area contributed by atoms with Crippen molar-refractivity contribution in [3.8, 4) is 0 Å². The highest BCUT2D eigenvalue weighted by atomic mass is 127. The number of hydrogen-bond donors (Lipinski definition) is 1. The number of rotatable bonds is 4. The first kappa shape index (κ1) is 17.5. The predicted molar refractivity (Wildman–Crippen MR) is 98.6 cm³/mol. The molecule has 3 aromatic carbocycles. The van der Waals surface area contributed by atoms with Crippen LogP contribution in [0.2, 0.25) is 0 Å². The second-order valence-electron chi connectivity index (χ2n) is 5.23. The number of nitrogens with one attached hydrogen (secondary N) is 1. The number of anilines is 2. The lowest BCUT2D eigenvalue weighted by Gasteiger charge is -2.14. The zero-order valence-electron chi connectivity index (χ0n) is 12.7. The van der Waals surface area contributed by atoms with Gasteiger partial charge < -0.3 is 5.32 Å². The largest absolute Gasteiger partial charge is 0.350 e. The van der Waals surface area contributed by atoms with Gasteiger partial charge in [0.05, 0.1) is 11.4 Å². The summed E-state index contributed by atoms with van der Waals surface area (Å²) < 4.78 is 42.7. The van der Waals surface area contributed by atoms with Crippen LogP contribution in [0.1, 0.15) is 15.9 Å². The molecule has 0 atom stereocenters. The Labute approximate surface area is 155 Å². The van der Waals surface area contributed by atoms with Crippen molar-refractivity contribution in [1.82, 2.24) is 0 Å². The molecular formula is C19H11F3INO. The molecule has 0 aromatic heterocycles. The second kappa shape index (κ2) is 7.26. The molecule has 2 nitrogen and oxygen atoms in total. The molecule has 0 aliphatic heterocycles. The molecule has 6 heteroatoms. The zero-order chi connectivity index (χ0) is 18.0. The van der Waals surface area contributed by atoms with Gasteiger partial charge in [-0.05, 0) is 52.9 Å². The highest BCUT2D eigenvalue weighted by Crippen LogP contribution is 2.30. The molecule has 1 N–H and O–H groups in total. The SMILES string of the molecule is O=C(c1ccccc1)c1ccc(F)c(F)c1Nc1ccc(I)cc1F. The molecule has 0 aliphatic carbocycles. The lowest BCUT2D eigenvalue weighted by molar-refractivity contribution is 0.103. The van der Waals surface area contributed by atoms with E-state index < -0.39 is 28.9 Å². The normalized spacial score (nSPS) is 10.6. The van der Waals surface area contributed by atoms with E-state index in [1.165, 1.54) is 18.2 Å². The van der Waals surface area contributed by atoms with Gasteiger partial charge in [-0.25, -0.2) is 13.2 Å². The van der Waals surface area contributed by atoms with E-state index in [1.54, 1.807) is 36.4 Å². The van der Waals surface area contributed by atoms with Crippen LogP contribution in [-0.2, 0) is 0 Å². The molecule has 25 heavy (non-hydrogen) atoms. The minimum Gasteiger partial charge on any atom is -0.350 e. The molecule has 3 rings (SSSR count). The highest BCUT2D eigenvalue weighted by molar-refractivity contribution is 14.1. The van der Waals surface area contributed by atoms with Crippen molar-refractivity contribution in [1.29, 1.82) is 0 Å². The molecule has 0 unspecified atom stereocenters. The summed E-state index contributed by atoms with van der Waals surface area (Å²) in [7, 11) is 0. The molecule has 0 spiro atoms. The molecule has 3 aromatic rings. The Kier molecular flexibility index (Phi) is 5.08. The standard InChI is InChI=1S/C19H11F3INO/c20-14-8-7-13(19(25)11-4-2-1-3-5-11)18(17(14)22)24-16-9-6-12(23)10-15(16)21/h1-10,24H. The molecule has 0 saturated heterocycles. The van der Waals surface area contributed by atoms with Crippen molar-refractivity contribution >= 4 is 39.7 Å². The summed E-state index contributed by atoms with van der Waals surface area (Å²) in [4.78, 5) is 12.6. The van der Waals surface area contributed by atoms with Crippen molar-refractivity contribution in [2.75, 3.05) is 5.32 Å². The molecule has 0 saturated carbocycles. The van der Waals surface area contributed by atoms with Gasteiger partial charge in [-0.15, -0.1) is 0 Å². The molecule has 0 fully saturated rings. The average Bonchev–Trinajstić information content (AvgIpc) is 2.61. The maximum absolute atomic E-state index is 14.3. The van der Waals surface area contributed by atoms with Gasteiger partial charge in [-0.3, -0.25) is 4.79 Å². The predicted octanol–water partition coefficient (Wildman–Crippen LogP) is 5.68. The van der Waals surface area contributed by atoms with E-state index in [2.05, 4.69) is 5.32 Å². The Bertz CT molecular complexity index is 945. The molecule has 0 amide bonds. The molecule has 0 aliphatic rings. The summed E-state index contributed by atoms with van der Waals surface area (Å²) in [5, 5.41) is 2.51. The van der Waals surface area contributed by atoms with E-state index in [9.17, 15) is 18.0 Å². The molecule has 0 heterocycles. The monoisotopic (exact) mass is 453 g/mol. The third-order valence-corrected chi connectivity index (χ3v) is 4.24. The van der Waals surface area contributed by atoms with Gasteiger partial charge in [0.1, 0.15) is 5.82 Å². The van der Waals surface area contributed by atoms with Crippen LogP contribution in [0.15, 0.2) is 60.7 Å². The van der Waals surface area contributed by atoms with Gasteiger partial charge in [0.25, 0.3) is 0 Å². The highest BCUT2D eigenvalue weighted by Gasteiger charge is 2.21. The first-order valence-electron chi connectivity index (χ1n) is 7.27. The Balaban J connectivity index is 2.09. The van der Waals surface area contributed by atoms with Crippen molar-refractivity contribution in [3.05, 3.63) is 92.8 Å². The first-order valence-corrected chi connectivity index (χ1v) is 8.35. The fourth-order valence-corrected chi connectivity index (χ4v) is 2.79. The number of benzene rings is 3. The molecule has 0 radical (unpaired) electrons. The van der Waals surface area contributed by atoms with Crippen LogP contribution in [-0.4, -0.2) is 5.78 Å². The second-order valence-corrected chi connectivity index (χ2v) is 6.47. The fraction of sp³-hybridized carbons (Fsp3) is 0. The van der Waals surface area contributed by atoms with Gasteiger partial charge in [0.15, 0.2) is 17.4 Å². The fourth-order valence-electron chi connectivity index (χ4n) is 2.33. The van der Waals surface area contributed by atoms with Crippen molar-refractivity contribution in [2.45, 2.75) is 0 Å². The third-order valence-electron chi connectivity index (χ3n) is 3.57. The third kappa shape index (κ3) is 3.68. The van der Waals surface area contributed by atoms with Crippen molar-refractivity contribution < 1.29 is 18.0 Å². The number of halogens is 4. The number of ketones is 1. The van der Waals surface area contributed by atoms with E-state index >= 15 is 0 Å². The van der Waals surface area contributed by atoms with Crippen LogP contribution < -0.4 is 5.32 Å². The van der Waals surface area contributed by atoms with Crippen LogP contribution in [0, 0.1) is 21.0 Å². The molecule has 0 bridgehead atoms. The summed E-state index contributed by atoms with van der Waals surface area (Å²) in [5.74, 6) is -3.49. The van der Waals surface area contributed by atoms with Crippen molar-refractivity contribution in [3.63, 3.8) is 0 Å². The average molecular weight is 453 g/mol. The number of carbonyl (C=O) groups is 1. The maximum atomic E-state index is 14.3. The van der Waals surface area contributed by atoms with Crippen LogP contribution in [0.25, 0.3) is 0 Å². The van der Waals surface area contributed by atoms with Crippen LogP contribution in [0.5, 0.6) is 0 Å². The number of hydrogen-bond acceptors (Lipinski definition) is 2.